The molecule has 0 aliphatic carbocycles. The third-order valence-corrected chi connectivity index (χ3v) is 4.99. The highest BCUT2D eigenvalue weighted by Crippen LogP contribution is 2.21. The minimum atomic E-state index is -0.351. The lowest BCUT2D eigenvalue weighted by Crippen LogP contribution is -2.26. The van der Waals surface area contributed by atoms with E-state index < -0.39 is 0 Å². The number of aryl methyl sites for hydroxylation is 4. The first-order valence-electron chi connectivity index (χ1n) is 9.04. The van der Waals surface area contributed by atoms with Crippen molar-refractivity contribution in [3.05, 3.63) is 63.3 Å². The number of amides is 1. The van der Waals surface area contributed by atoms with Gasteiger partial charge in [0.1, 0.15) is 18.1 Å². The second-order valence-corrected chi connectivity index (χ2v) is 6.95. The Morgan fingerprint density at radius 3 is 2.79 bits per heavy atom. The van der Waals surface area contributed by atoms with Gasteiger partial charge < -0.3 is 14.6 Å². The molecule has 1 aromatic carbocycles. The zero-order chi connectivity index (χ0) is 20.3. The van der Waals surface area contributed by atoms with Crippen LogP contribution in [-0.4, -0.2) is 20.8 Å². The Hall–Kier alpha value is -2.80. The van der Waals surface area contributed by atoms with Crippen molar-refractivity contribution < 1.29 is 14.1 Å². The molecule has 0 saturated carbocycles. The van der Waals surface area contributed by atoms with E-state index in [0.29, 0.717) is 22.9 Å². The van der Waals surface area contributed by atoms with Gasteiger partial charge in [-0.05, 0) is 51.0 Å². The van der Waals surface area contributed by atoms with Crippen molar-refractivity contribution >= 4 is 17.5 Å². The van der Waals surface area contributed by atoms with Gasteiger partial charge in [-0.15, -0.1) is 0 Å². The number of rotatable bonds is 7. The summed E-state index contributed by atoms with van der Waals surface area (Å²) in [7, 11) is 0. The van der Waals surface area contributed by atoms with E-state index in [1.807, 2.05) is 39.0 Å². The molecular formula is C20H23ClN4O3. The van der Waals surface area contributed by atoms with Gasteiger partial charge in [-0.3, -0.25) is 9.48 Å². The maximum atomic E-state index is 12.6. The molecule has 0 aliphatic rings. The zero-order valence-electron chi connectivity index (χ0n) is 16.4. The first-order chi connectivity index (χ1) is 13.4. The van der Waals surface area contributed by atoms with E-state index in [1.54, 1.807) is 17.8 Å². The number of hydrogen-bond donors (Lipinski definition) is 1. The molecular weight excluding hydrogens is 380 g/mol. The standard InChI is InChI=1S/C20H23ClN4O3/c1-5-25-18(17(21)9-23-25)10-22-20(26)19-16(14(4)28-24-19)11-27-15-7-6-12(2)13(3)8-15/h6-9H,5,10-11H2,1-4H3,(H,22,26). The predicted octanol–water partition coefficient (Wildman–Crippen LogP) is 3.98. The molecule has 28 heavy (non-hydrogen) atoms. The van der Waals surface area contributed by atoms with Gasteiger partial charge in [0.2, 0.25) is 0 Å². The van der Waals surface area contributed by atoms with Gasteiger partial charge in [-0.2, -0.15) is 5.10 Å². The predicted molar refractivity (Wildman–Crippen MR) is 106 cm³/mol. The lowest BCUT2D eigenvalue weighted by Gasteiger charge is -2.09. The SMILES string of the molecule is CCn1ncc(Cl)c1CNC(=O)c1noc(C)c1COc1ccc(C)c(C)c1. The zero-order valence-corrected chi connectivity index (χ0v) is 17.1. The Morgan fingerprint density at radius 2 is 2.07 bits per heavy atom. The van der Waals surface area contributed by atoms with Gasteiger partial charge in [-0.25, -0.2) is 0 Å². The van der Waals surface area contributed by atoms with Crippen LogP contribution in [0, 0.1) is 20.8 Å². The minimum Gasteiger partial charge on any atom is -0.489 e. The van der Waals surface area contributed by atoms with E-state index in [0.717, 1.165) is 17.0 Å². The number of nitrogens with zero attached hydrogens (tertiary/aromatic N) is 3. The average molecular weight is 403 g/mol. The average Bonchev–Trinajstić information content (AvgIpc) is 3.23. The molecule has 0 atom stereocenters. The summed E-state index contributed by atoms with van der Waals surface area (Å²) in [6.07, 6.45) is 1.57. The van der Waals surface area contributed by atoms with E-state index in [9.17, 15) is 4.79 Å². The summed E-state index contributed by atoms with van der Waals surface area (Å²) in [6, 6.07) is 5.87. The maximum absolute atomic E-state index is 12.6. The Labute approximate surface area is 168 Å². The summed E-state index contributed by atoms with van der Waals surface area (Å²) in [4.78, 5) is 12.6. The molecule has 0 aliphatic heterocycles. The highest BCUT2D eigenvalue weighted by Gasteiger charge is 2.21. The second-order valence-electron chi connectivity index (χ2n) is 6.54. The van der Waals surface area contributed by atoms with Gasteiger partial charge in [0.25, 0.3) is 5.91 Å². The number of halogens is 1. The van der Waals surface area contributed by atoms with E-state index >= 15 is 0 Å². The molecule has 0 radical (unpaired) electrons. The molecule has 0 fully saturated rings. The van der Waals surface area contributed by atoms with E-state index in [-0.39, 0.29) is 24.8 Å². The third-order valence-electron chi connectivity index (χ3n) is 4.67. The van der Waals surface area contributed by atoms with Crippen LogP contribution in [0.2, 0.25) is 5.02 Å². The van der Waals surface area contributed by atoms with Gasteiger partial charge in [0, 0.05) is 6.54 Å². The summed E-state index contributed by atoms with van der Waals surface area (Å²) in [5, 5.41) is 11.4. The molecule has 0 unspecified atom stereocenters. The number of nitrogens with one attached hydrogen (secondary N) is 1. The molecule has 2 aromatic heterocycles. The molecule has 0 bridgehead atoms. The van der Waals surface area contributed by atoms with E-state index in [2.05, 4.69) is 15.6 Å². The van der Waals surface area contributed by atoms with Crippen LogP contribution in [0.3, 0.4) is 0 Å². The van der Waals surface area contributed by atoms with Crippen LogP contribution in [0.4, 0.5) is 0 Å². The fourth-order valence-electron chi connectivity index (χ4n) is 2.78. The first kappa shape index (κ1) is 19.9. The van der Waals surface area contributed by atoms with Crippen molar-refractivity contribution in [2.24, 2.45) is 0 Å². The van der Waals surface area contributed by atoms with Crippen molar-refractivity contribution in [2.45, 2.75) is 47.4 Å². The van der Waals surface area contributed by atoms with Crippen molar-refractivity contribution in [3.8, 4) is 5.75 Å². The number of benzene rings is 1. The molecule has 1 N–H and O–H groups in total. The summed E-state index contributed by atoms with van der Waals surface area (Å²) >= 11 is 6.14. The number of carbonyl (C=O) groups is 1. The molecule has 148 valence electrons. The topological polar surface area (TPSA) is 82.2 Å². The largest absolute Gasteiger partial charge is 0.489 e. The summed E-state index contributed by atoms with van der Waals surface area (Å²) in [5.41, 5.74) is 3.90. The molecule has 3 aromatic rings. The first-order valence-corrected chi connectivity index (χ1v) is 9.42. The number of aromatic nitrogens is 3. The third kappa shape index (κ3) is 4.20. The molecule has 7 nitrogen and oxygen atoms in total. The van der Waals surface area contributed by atoms with Crippen molar-refractivity contribution in [1.82, 2.24) is 20.3 Å². The van der Waals surface area contributed by atoms with Crippen molar-refractivity contribution in [1.29, 1.82) is 0 Å². The highest BCUT2D eigenvalue weighted by atomic mass is 35.5. The fourth-order valence-corrected chi connectivity index (χ4v) is 2.99. The lowest BCUT2D eigenvalue weighted by molar-refractivity contribution is 0.0938. The van der Waals surface area contributed by atoms with Gasteiger partial charge in [0.05, 0.1) is 29.0 Å². The van der Waals surface area contributed by atoms with Crippen LogP contribution in [0.25, 0.3) is 0 Å². The van der Waals surface area contributed by atoms with Crippen molar-refractivity contribution in [2.75, 3.05) is 0 Å². The van der Waals surface area contributed by atoms with Gasteiger partial charge in [0.15, 0.2) is 5.69 Å². The second kappa shape index (κ2) is 8.48. The fraction of sp³-hybridized carbons (Fsp3) is 0.350. The van der Waals surface area contributed by atoms with Crippen LogP contribution in [-0.2, 0) is 19.7 Å². The minimum absolute atomic E-state index is 0.189. The Kier molecular flexibility index (Phi) is 6.04. The number of hydrogen-bond acceptors (Lipinski definition) is 5. The summed E-state index contributed by atoms with van der Waals surface area (Å²) in [6.45, 7) is 8.88. The smallest absolute Gasteiger partial charge is 0.274 e. The molecule has 3 rings (SSSR count). The van der Waals surface area contributed by atoms with Crippen LogP contribution in [0.15, 0.2) is 28.9 Å². The van der Waals surface area contributed by atoms with E-state index in [1.165, 1.54) is 5.56 Å². The molecule has 0 saturated heterocycles. The monoisotopic (exact) mass is 402 g/mol. The quantitative estimate of drug-likeness (QED) is 0.646. The van der Waals surface area contributed by atoms with Crippen LogP contribution >= 0.6 is 11.6 Å². The number of carbonyl (C=O) groups excluding carboxylic acids is 1. The van der Waals surface area contributed by atoms with Crippen molar-refractivity contribution in [3.63, 3.8) is 0 Å². The molecule has 2 heterocycles. The lowest BCUT2D eigenvalue weighted by atomic mass is 10.1. The Bertz CT molecular complexity index is 993. The molecule has 8 heteroatoms. The highest BCUT2D eigenvalue weighted by molar-refractivity contribution is 6.31. The molecule has 1 amide bonds. The van der Waals surface area contributed by atoms with Gasteiger partial charge >= 0.3 is 0 Å². The summed E-state index contributed by atoms with van der Waals surface area (Å²) in [5.74, 6) is 0.926. The summed E-state index contributed by atoms with van der Waals surface area (Å²) < 4.78 is 12.8. The van der Waals surface area contributed by atoms with Crippen LogP contribution in [0.5, 0.6) is 5.75 Å². The van der Waals surface area contributed by atoms with Crippen LogP contribution < -0.4 is 10.1 Å². The number of ether oxygens (including phenoxy) is 1. The van der Waals surface area contributed by atoms with E-state index in [4.69, 9.17) is 20.9 Å². The molecule has 0 spiro atoms. The Balaban J connectivity index is 1.70. The Morgan fingerprint density at radius 1 is 1.29 bits per heavy atom. The van der Waals surface area contributed by atoms with Gasteiger partial charge in [-0.1, -0.05) is 22.8 Å². The van der Waals surface area contributed by atoms with Crippen LogP contribution in [0.1, 0.15) is 45.6 Å². The normalized spacial score (nSPS) is 10.9. The maximum Gasteiger partial charge on any atom is 0.274 e.